The van der Waals surface area contributed by atoms with Crippen LogP contribution in [-0.4, -0.2) is 23.3 Å². The molecule has 4 nitrogen and oxygen atoms in total. The van der Waals surface area contributed by atoms with Gasteiger partial charge in [-0.15, -0.1) is 0 Å². The molecule has 2 atom stereocenters. The van der Waals surface area contributed by atoms with Crippen molar-refractivity contribution in [2.45, 2.75) is 39.3 Å². The van der Waals surface area contributed by atoms with E-state index in [1.807, 2.05) is 74.5 Å². The standard InChI is InChI=1S/C21H26N2O2/c1-16(19-10-6-4-7-11-19)22-21(25)14-15-23(18(3)24)17(2)20-12-8-5-9-13-20/h4-13,16-17H,14-15H2,1-3H3,(H,22,25). The van der Waals surface area contributed by atoms with Gasteiger partial charge in [0.1, 0.15) is 0 Å². The highest BCUT2D eigenvalue weighted by Crippen LogP contribution is 2.20. The lowest BCUT2D eigenvalue weighted by Crippen LogP contribution is -2.36. The molecule has 2 amide bonds. The van der Waals surface area contributed by atoms with Crippen molar-refractivity contribution in [1.29, 1.82) is 0 Å². The highest BCUT2D eigenvalue weighted by molar-refractivity contribution is 5.78. The van der Waals surface area contributed by atoms with Gasteiger partial charge in [0.2, 0.25) is 11.8 Å². The van der Waals surface area contributed by atoms with Gasteiger partial charge in [0.15, 0.2) is 0 Å². The number of rotatable bonds is 7. The fraction of sp³-hybridized carbons (Fsp3) is 0.333. The Labute approximate surface area is 149 Å². The molecule has 0 aliphatic heterocycles. The third-order valence-electron chi connectivity index (χ3n) is 4.41. The Morgan fingerprint density at radius 1 is 0.920 bits per heavy atom. The molecular formula is C21H26N2O2. The summed E-state index contributed by atoms with van der Waals surface area (Å²) < 4.78 is 0. The number of nitrogens with one attached hydrogen (secondary N) is 1. The zero-order valence-electron chi connectivity index (χ0n) is 15.1. The van der Waals surface area contributed by atoms with E-state index in [0.29, 0.717) is 6.54 Å². The van der Waals surface area contributed by atoms with Crippen molar-refractivity contribution in [2.24, 2.45) is 0 Å². The summed E-state index contributed by atoms with van der Waals surface area (Å²) in [7, 11) is 0. The van der Waals surface area contributed by atoms with E-state index < -0.39 is 0 Å². The van der Waals surface area contributed by atoms with Gasteiger partial charge in [-0.25, -0.2) is 0 Å². The van der Waals surface area contributed by atoms with E-state index in [2.05, 4.69) is 5.32 Å². The van der Waals surface area contributed by atoms with Crippen LogP contribution in [0, 0.1) is 0 Å². The highest BCUT2D eigenvalue weighted by atomic mass is 16.2. The van der Waals surface area contributed by atoms with Crippen LogP contribution in [0.5, 0.6) is 0 Å². The summed E-state index contributed by atoms with van der Waals surface area (Å²) in [5, 5.41) is 2.99. The van der Waals surface area contributed by atoms with Gasteiger partial charge >= 0.3 is 0 Å². The van der Waals surface area contributed by atoms with Gasteiger partial charge in [-0.2, -0.15) is 0 Å². The van der Waals surface area contributed by atoms with Gasteiger partial charge in [0.05, 0.1) is 12.1 Å². The van der Waals surface area contributed by atoms with Crippen LogP contribution in [0.4, 0.5) is 0 Å². The third kappa shape index (κ3) is 5.45. The predicted molar refractivity (Wildman–Crippen MR) is 99.9 cm³/mol. The van der Waals surface area contributed by atoms with E-state index in [0.717, 1.165) is 11.1 Å². The molecule has 2 rings (SSSR count). The van der Waals surface area contributed by atoms with Crippen molar-refractivity contribution in [3.05, 3.63) is 71.8 Å². The average Bonchev–Trinajstić information content (AvgIpc) is 2.62. The summed E-state index contributed by atoms with van der Waals surface area (Å²) in [6.45, 7) is 5.90. The molecule has 132 valence electrons. The van der Waals surface area contributed by atoms with Crippen molar-refractivity contribution in [2.75, 3.05) is 6.54 Å². The van der Waals surface area contributed by atoms with Crippen LogP contribution in [0.25, 0.3) is 0 Å². The van der Waals surface area contributed by atoms with Gasteiger partial charge in [0, 0.05) is 19.9 Å². The average molecular weight is 338 g/mol. The van der Waals surface area contributed by atoms with Crippen LogP contribution >= 0.6 is 0 Å². The Hall–Kier alpha value is -2.62. The first-order valence-corrected chi connectivity index (χ1v) is 8.65. The molecule has 2 aromatic rings. The molecule has 0 saturated carbocycles. The molecule has 0 aliphatic carbocycles. The van der Waals surface area contributed by atoms with E-state index in [4.69, 9.17) is 0 Å². The molecule has 4 heteroatoms. The normalized spacial score (nSPS) is 12.9. The van der Waals surface area contributed by atoms with Gasteiger partial charge in [-0.3, -0.25) is 9.59 Å². The maximum Gasteiger partial charge on any atom is 0.222 e. The molecule has 0 heterocycles. The second-order valence-corrected chi connectivity index (χ2v) is 6.25. The van der Waals surface area contributed by atoms with Crippen LogP contribution in [0.3, 0.4) is 0 Å². The van der Waals surface area contributed by atoms with Crippen molar-refractivity contribution in [3.63, 3.8) is 0 Å². The minimum atomic E-state index is -0.0574. The Kier molecular flexibility index (Phi) is 6.75. The lowest BCUT2D eigenvalue weighted by atomic mass is 10.1. The zero-order chi connectivity index (χ0) is 18.2. The summed E-state index contributed by atoms with van der Waals surface area (Å²) in [5.41, 5.74) is 2.13. The van der Waals surface area contributed by atoms with Crippen LogP contribution in [-0.2, 0) is 9.59 Å². The van der Waals surface area contributed by atoms with E-state index >= 15 is 0 Å². The topological polar surface area (TPSA) is 49.4 Å². The van der Waals surface area contributed by atoms with Gasteiger partial charge in [-0.05, 0) is 25.0 Å². The first-order chi connectivity index (χ1) is 12.0. The number of nitrogens with zero attached hydrogens (tertiary/aromatic N) is 1. The molecule has 2 unspecified atom stereocenters. The minimum absolute atomic E-state index is 0.0275. The Morgan fingerprint density at radius 2 is 1.44 bits per heavy atom. The maximum atomic E-state index is 12.3. The summed E-state index contributed by atoms with van der Waals surface area (Å²) in [4.78, 5) is 26.0. The first kappa shape index (κ1) is 18.7. The van der Waals surface area contributed by atoms with E-state index in [1.165, 1.54) is 0 Å². The van der Waals surface area contributed by atoms with Crippen molar-refractivity contribution in [3.8, 4) is 0 Å². The molecule has 0 fully saturated rings. The lowest BCUT2D eigenvalue weighted by Gasteiger charge is -2.28. The summed E-state index contributed by atoms with van der Waals surface area (Å²) in [6, 6.07) is 19.6. The number of hydrogen-bond acceptors (Lipinski definition) is 2. The predicted octanol–water partition coefficient (Wildman–Crippen LogP) is 3.86. The Morgan fingerprint density at radius 3 is 1.96 bits per heavy atom. The maximum absolute atomic E-state index is 12.3. The molecule has 0 spiro atoms. The molecule has 0 bridgehead atoms. The van der Waals surface area contributed by atoms with Crippen LogP contribution in [0.2, 0.25) is 0 Å². The monoisotopic (exact) mass is 338 g/mol. The number of hydrogen-bond donors (Lipinski definition) is 1. The van der Waals surface area contributed by atoms with E-state index in [-0.39, 0.29) is 30.3 Å². The molecule has 0 radical (unpaired) electrons. The van der Waals surface area contributed by atoms with E-state index in [9.17, 15) is 9.59 Å². The smallest absolute Gasteiger partial charge is 0.222 e. The van der Waals surface area contributed by atoms with Gasteiger partial charge in [0.25, 0.3) is 0 Å². The SMILES string of the molecule is CC(=O)N(CCC(=O)NC(C)c1ccccc1)C(C)c1ccccc1. The highest BCUT2D eigenvalue weighted by Gasteiger charge is 2.19. The minimum Gasteiger partial charge on any atom is -0.350 e. The fourth-order valence-electron chi connectivity index (χ4n) is 2.90. The molecule has 0 aromatic heterocycles. The number of benzene rings is 2. The Balaban J connectivity index is 1.92. The largest absolute Gasteiger partial charge is 0.350 e. The summed E-state index contributed by atoms with van der Waals surface area (Å²) >= 11 is 0. The first-order valence-electron chi connectivity index (χ1n) is 8.65. The lowest BCUT2D eigenvalue weighted by molar-refractivity contribution is -0.131. The third-order valence-corrected chi connectivity index (χ3v) is 4.41. The zero-order valence-corrected chi connectivity index (χ0v) is 15.1. The number of carbonyl (C=O) groups is 2. The Bertz CT molecular complexity index is 686. The number of carbonyl (C=O) groups excluding carboxylic acids is 2. The molecule has 0 aliphatic rings. The molecular weight excluding hydrogens is 312 g/mol. The van der Waals surface area contributed by atoms with Gasteiger partial charge in [-0.1, -0.05) is 60.7 Å². The quantitative estimate of drug-likeness (QED) is 0.833. The van der Waals surface area contributed by atoms with E-state index in [1.54, 1.807) is 11.8 Å². The second-order valence-electron chi connectivity index (χ2n) is 6.25. The fourth-order valence-corrected chi connectivity index (χ4v) is 2.90. The summed E-state index contributed by atoms with van der Waals surface area (Å²) in [5.74, 6) is -0.0804. The van der Waals surface area contributed by atoms with Crippen molar-refractivity contribution in [1.82, 2.24) is 10.2 Å². The van der Waals surface area contributed by atoms with Crippen LogP contribution in [0.1, 0.15) is 50.4 Å². The number of amides is 2. The van der Waals surface area contributed by atoms with Crippen molar-refractivity contribution >= 4 is 11.8 Å². The summed E-state index contributed by atoms with van der Waals surface area (Å²) in [6.07, 6.45) is 0.286. The van der Waals surface area contributed by atoms with Crippen LogP contribution in [0.15, 0.2) is 60.7 Å². The van der Waals surface area contributed by atoms with Crippen molar-refractivity contribution < 1.29 is 9.59 Å². The van der Waals surface area contributed by atoms with Crippen LogP contribution < -0.4 is 5.32 Å². The van der Waals surface area contributed by atoms with Gasteiger partial charge < -0.3 is 10.2 Å². The molecule has 1 N–H and O–H groups in total. The second kappa shape index (κ2) is 9.02. The molecule has 25 heavy (non-hydrogen) atoms. The molecule has 0 saturated heterocycles. The molecule has 2 aromatic carbocycles.